The molecule has 3 aromatic rings. The average Bonchev–Trinajstić information content (AvgIpc) is 3.11. The zero-order valence-corrected chi connectivity index (χ0v) is 19.5. The number of sulfonamides is 1. The lowest BCUT2D eigenvalue weighted by molar-refractivity contribution is -0.0431. The van der Waals surface area contributed by atoms with E-state index in [-0.39, 0.29) is 10.8 Å². The molecule has 8 nitrogen and oxygen atoms in total. The molecule has 1 aliphatic heterocycles. The van der Waals surface area contributed by atoms with Crippen LogP contribution in [-0.2, 0) is 10.0 Å². The topological polar surface area (TPSA) is 94.2 Å². The molecular weight excluding hydrogens is 444 g/mol. The molecule has 0 saturated heterocycles. The summed E-state index contributed by atoms with van der Waals surface area (Å²) in [4.78, 5) is 12.7. The quantitative estimate of drug-likeness (QED) is 0.580. The summed E-state index contributed by atoms with van der Waals surface area (Å²) in [5, 5.41) is 2.79. The number of hydrogen-bond acceptors (Lipinski definition) is 6. The van der Waals surface area contributed by atoms with Crippen LogP contribution < -0.4 is 23.8 Å². The van der Waals surface area contributed by atoms with E-state index >= 15 is 0 Å². The van der Waals surface area contributed by atoms with Gasteiger partial charge < -0.3 is 19.5 Å². The Kier molecular flexibility index (Phi) is 5.67. The van der Waals surface area contributed by atoms with Gasteiger partial charge >= 0.3 is 0 Å². The van der Waals surface area contributed by atoms with Crippen molar-refractivity contribution in [3.8, 4) is 17.2 Å². The SMILES string of the molecule is COc1ccccc1N(C)S(=O)(=O)c1ccc(C(=O)Nc2ccc3c(c2)OC(C)(C)O3)cc1. The van der Waals surface area contributed by atoms with E-state index in [0.717, 1.165) is 4.31 Å². The molecule has 1 heterocycles. The molecule has 1 N–H and O–H groups in total. The van der Waals surface area contributed by atoms with Crippen molar-refractivity contribution in [2.24, 2.45) is 0 Å². The molecule has 0 fully saturated rings. The van der Waals surface area contributed by atoms with E-state index in [1.54, 1.807) is 56.3 Å². The second-order valence-electron chi connectivity index (χ2n) is 7.89. The van der Waals surface area contributed by atoms with Crippen LogP contribution in [0.5, 0.6) is 17.2 Å². The first-order chi connectivity index (χ1) is 15.6. The van der Waals surface area contributed by atoms with E-state index < -0.39 is 15.8 Å². The minimum atomic E-state index is -3.85. The van der Waals surface area contributed by atoms with Gasteiger partial charge in [0, 0.05) is 38.2 Å². The second kappa shape index (κ2) is 8.32. The van der Waals surface area contributed by atoms with Crippen LogP contribution in [0.4, 0.5) is 11.4 Å². The Morgan fingerprint density at radius 1 is 0.970 bits per heavy atom. The Bertz CT molecular complexity index is 1300. The van der Waals surface area contributed by atoms with Gasteiger partial charge in [0.1, 0.15) is 5.75 Å². The molecule has 0 unspecified atom stereocenters. The third-order valence-electron chi connectivity index (χ3n) is 5.11. The van der Waals surface area contributed by atoms with Gasteiger partial charge in [-0.25, -0.2) is 8.42 Å². The van der Waals surface area contributed by atoms with Crippen LogP contribution in [-0.4, -0.2) is 34.3 Å². The van der Waals surface area contributed by atoms with Crippen molar-refractivity contribution in [3.63, 3.8) is 0 Å². The molecular formula is C24H24N2O6S. The van der Waals surface area contributed by atoms with Crippen LogP contribution in [0.15, 0.2) is 71.6 Å². The molecule has 1 aliphatic rings. The predicted octanol–water partition coefficient (Wildman–Crippen LogP) is 4.28. The molecule has 1 amide bonds. The summed E-state index contributed by atoms with van der Waals surface area (Å²) in [6.45, 7) is 3.60. The maximum atomic E-state index is 13.1. The molecule has 0 radical (unpaired) electrons. The molecule has 0 aromatic heterocycles. The van der Waals surface area contributed by atoms with Gasteiger partial charge in [0.2, 0.25) is 5.79 Å². The Morgan fingerprint density at radius 2 is 1.64 bits per heavy atom. The Balaban J connectivity index is 1.51. The summed E-state index contributed by atoms with van der Waals surface area (Å²) < 4.78 is 43.9. The highest BCUT2D eigenvalue weighted by atomic mass is 32.2. The number of fused-ring (bicyclic) bond motifs is 1. The first kappa shape index (κ1) is 22.5. The summed E-state index contributed by atoms with van der Waals surface area (Å²) >= 11 is 0. The molecule has 0 spiro atoms. The van der Waals surface area contributed by atoms with E-state index in [4.69, 9.17) is 14.2 Å². The molecule has 4 rings (SSSR count). The lowest BCUT2D eigenvalue weighted by atomic mass is 10.2. The fourth-order valence-electron chi connectivity index (χ4n) is 3.46. The van der Waals surface area contributed by atoms with Crippen molar-refractivity contribution < 1.29 is 27.4 Å². The van der Waals surface area contributed by atoms with Gasteiger partial charge in [-0.2, -0.15) is 0 Å². The number of hydrogen-bond donors (Lipinski definition) is 1. The van der Waals surface area contributed by atoms with E-state index in [9.17, 15) is 13.2 Å². The van der Waals surface area contributed by atoms with Crippen LogP contribution in [0, 0.1) is 0 Å². The fourth-order valence-corrected chi connectivity index (χ4v) is 4.67. The van der Waals surface area contributed by atoms with Crippen molar-refractivity contribution in [1.29, 1.82) is 0 Å². The van der Waals surface area contributed by atoms with E-state index in [1.807, 2.05) is 0 Å². The van der Waals surface area contributed by atoms with Crippen LogP contribution in [0.2, 0.25) is 0 Å². The largest absolute Gasteiger partial charge is 0.495 e. The predicted molar refractivity (Wildman–Crippen MR) is 125 cm³/mol. The molecule has 9 heteroatoms. The number of amides is 1. The summed E-state index contributed by atoms with van der Waals surface area (Å²) in [6, 6.07) is 17.7. The van der Waals surface area contributed by atoms with Crippen molar-refractivity contribution in [2.75, 3.05) is 23.8 Å². The number of ether oxygens (including phenoxy) is 3. The lowest BCUT2D eigenvalue weighted by Gasteiger charge is -2.21. The molecule has 0 aliphatic carbocycles. The van der Waals surface area contributed by atoms with Gasteiger partial charge in [0.15, 0.2) is 11.5 Å². The molecule has 33 heavy (non-hydrogen) atoms. The number of nitrogens with one attached hydrogen (secondary N) is 1. The smallest absolute Gasteiger partial charge is 0.264 e. The van der Waals surface area contributed by atoms with Crippen LogP contribution in [0.25, 0.3) is 0 Å². The first-order valence-corrected chi connectivity index (χ1v) is 11.6. The Hall–Kier alpha value is -3.72. The van der Waals surface area contributed by atoms with Gasteiger partial charge in [-0.05, 0) is 48.5 Å². The zero-order chi connectivity index (χ0) is 23.8. The number of methoxy groups -OCH3 is 1. The third-order valence-corrected chi connectivity index (χ3v) is 6.90. The number of carbonyl (C=O) groups is 1. The third kappa shape index (κ3) is 4.45. The molecule has 172 valence electrons. The molecule has 0 atom stereocenters. The van der Waals surface area contributed by atoms with Crippen LogP contribution >= 0.6 is 0 Å². The van der Waals surface area contributed by atoms with Crippen molar-refractivity contribution in [2.45, 2.75) is 24.5 Å². The van der Waals surface area contributed by atoms with E-state index in [2.05, 4.69) is 5.32 Å². The summed E-state index contributed by atoms with van der Waals surface area (Å²) in [5.41, 5.74) is 1.26. The first-order valence-electron chi connectivity index (χ1n) is 10.2. The molecule has 0 saturated carbocycles. The van der Waals surface area contributed by atoms with Gasteiger partial charge in [0.25, 0.3) is 15.9 Å². The number of nitrogens with zero attached hydrogens (tertiary/aromatic N) is 1. The number of rotatable bonds is 6. The number of carbonyl (C=O) groups excluding carboxylic acids is 1. The molecule has 3 aromatic carbocycles. The summed E-state index contributed by atoms with van der Waals surface area (Å²) in [7, 11) is -0.920. The van der Waals surface area contributed by atoms with Crippen LogP contribution in [0.3, 0.4) is 0 Å². The fraction of sp³-hybridized carbons (Fsp3) is 0.208. The summed E-state index contributed by atoms with van der Waals surface area (Å²) in [5.74, 6) is 0.440. The van der Waals surface area contributed by atoms with Crippen LogP contribution in [0.1, 0.15) is 24.2 Å². The average molecular weight is 469 g/mol. The van der Waals surface area contributed by atoms with Gasteiger partial charge in [-0.3, -0.25) is 9.10 Å². The highest BCUT2D eigenvalue weighted by Gasteiger charge is 2.31. The van der Waals surface area contributed by atoms with E-state index in [0.29, 0.717) is 34.2 Å². The van der Waals surface area contributed by atoms with Gasteiger partial charge in [-0.15, -0.1) is 0 Å². The lowest BCUT2D eigenvalue weighted by Crippen LogP contribution is -2.29. The minimum Gasteiger partial charge on any atom is -0.495 e. The summed E-state index contributed by atoms with van der Waals surface area (Å²) in [6.07, 6.45) is 0. The number of para-hydroxylation sites is 2. The standard InChI is InChI=1S/C24H24N2O6S/c1-24(2)31-21-14-11-17(15-22(21)32-24)25-23(27)16-9-12-18(13-10-16)33(28,29)26(3)19-7-5-6-8-20(19)30-4/h5-15H,1-4H3,(H,25,27). The van der Waals surface area contributed by atoms with Crippen molar-refractivity contribution in [1.82, 2.24) is 0 Å². The Labute approximate surface area is 192 Å². The highest BCUT2D eigenvalue weighted by molar-refractivity contribution is 7.92. The normalized spacial score (nSPS) is 13.9. The maximum absolute atomic E-state index is 13.1. The minimum absolute atomic E-state index is 0.0535. The van der Waals surface area contributed by atoms with Gasteiger partial charge in [-0.1, -0.05) is 12.1 Å². The maximum Gasteiger partial charge on any atom is 0.264 e. The van der Waals surface area contributed by atoms with E-state index in [1.165, 1.54) is 38.4 Å². The number of anilines is 2. The van der Waals surface area contributed by atoms with Crippen molar-refractivity contribution >= 4 is 27.3 Å². The Morgan fingerprint density at radius 3 is 2.33 bits per heavy atom. The zero-order valence-electron chi connectivity index (χ0n) is 18.7. The van der Waals surface area contributed by atoms with Gasteiger partial charge in [0.05, 0.1) is 17.7 Å². The van der Waals surface area contributed by atoms with Crippen molar-refractivity contribution in [3.05, 3.63) is 72.3 Å². The number of benzene rings is 3. The monoisotopic (exact) mass is 468 g/mol. The highest BCUT2D eigenvalue weighted by Crippen LogP contribution is 2.40. The molecule has 0 bridgehead atoms. The second-order valence-corrected chi connectivity index (χ2v) is 9.86.